The van der Waals surface area contributed by atoms with Crippen molar-refractivity contribution in [2.75, 3.05) is 0 Å². The quantitative estimate of drug-likeness (QED) is 0.862. The average molecular weight is 353 g/mol. The molecule has 0 saturated heterocycles. The molecule has 1 fully saturated rings. The fourth-order valence-electron chi connectivity index (χ4n) is 2.94. The number of aromatic nitrogens is 2. The molecule has 1 aliphatic rings. The molecule has 1 N–H and O–H groups in total. The van der Waals surface area contributed by atoms with Crippen LogP contribution in [0.3, 0.4) is 0 Å². The Kier molecular flexibility index (Phi) is 3.82. The third-order valence-electron chi connectivity index (χ3n) is 3.93. The average Bonchev–Trinajstić information content (AvgIpc) is 3.02. The van der Waals surface area contributed by atoms with E-state index in [0.29, 0.717) is 16.2 Å². The SMILES string of the molecule is Cc1cc(-c2nc(C3CCCC3)c(Br)c(=O)[nH]2)c(C)s1. The third kappa shape index (κ3) is 2.49. The zero-order valence-corrected chi connectivity index (χ0v) is 14.0. The van der Waals surface area contributed by atoms with Gasteiger partial charge < -0.3 is 4.98 Å². The van der Waals surface area contributed by atoms with E-state index in [9.17, 15) is 4.79 Å². The Morgan fingerprint density at radius 3 is 2.65 bits per heavy atom. The normalized spacial score (nSPS) is 15.9. The van der Waals surface area contributed by atoms with E-state index in [1.807, 2.05) is 0 Å². The maximum Gasteiger partial charge on any atom is 0.265 e. The van der Waals surface area contributed by atoms with E-state index in [1.165, 1.54) is 22.6 Å². The second-order valence-electron chi connectivity index (χ2n) is 5.42. The summed E-state index contributed by atoms with van der Waals surface area (Å²) in [5.74, 6) is 1.13. The minimum Gasteiger partial charge on any atom is -0.306 e. The highest BCUT2D eigenvalue weighted by Crippen LogP contribution is 2.36. The van der Waals surface area contributed by atoms with Gasteiger partial charge in [-0.25, -0.2) is 4.98 Å². The molecular formula is C15H17BrN2OS. The standard InChI is InChI=1S/C15H17BrN2OS/c1-8-7-11(9(2)20-8)14-17-13(10-5-3-4-6-10)12(16)15(19)18-14/h7,10H,3-6H2,1-2H3,(H,17,18,19). The van der Waals surface area contributed by atoms with E-state index in [0.717, 1.165) is 24.1 Å². The fourth-order valence-corrected chi connectivity index (χ4v) is 4.38. The van der Waals surface area contributed by atoms with E-state index in [4.69, 9.17) is 4.98 Å². The number of H-pyrrole nitrogens is 1. The first-order valence-electron chi connectivity index (χ1n) is 6.93. The molecule has 0 amide bonds. The van der Waals surface area contributed by atoms with E-state index in [2.05, 4.69) is 40.8 Å². The van der Waals surface area contributed by atoms with Crippen molar-refractivity contribution in [3.8, 4) is 11.4 Å². The summed E-state index contributed by atoms with van der Waals surface area (Å²) in [7, 11) is 0. The first kappa shape index (κ1) is 14.0. The molecule has 106 valence electrons. The molecule has 0 atom stereocenters. The van der Waals surface area contributed by atoms with Crippen LogP contribution in [0.1, 0.15) is 47.0 Å². The monoisotopic (exact) mass is 352 g/mol. The van der Waals surface area contributed by atoms with Crippen LogP contribution in [0.2, 0.25) is 0 Å². The highest BCUT2D eigenvalue weighted by molar-refractivity contribution is 9.10. The van der Waals surface area contributed by atoms with Crippen LogP contribution in [0, 0.1) is 13.8 Å². The third-order valence-corrected chi connectivity index (χ3v) is 5.66. The number of nitrogens with one attached hydrogen (secondary N) is 1. The fraction of sp³-hybridized carbons (Fsp3) is 0.467. The van der Waals surface area contributed by atoms with Crippen LogP contribution in [-0.2, 0) is 0 Å². The van der Waals surface area contributed by atoms with E-state index in [-0.39, 0.29) is 5.56 Å². The molecule has 5 heteroatoms. The van der Waals surface area contributed by atoms with Gasteiger partial charge in [-0.3, -0.25) is 4.79 Å². The van der Waals surface area contributed by atoms with Gasteiger partial charge in [0.15, 0.2) is 0 Å². The molecule has 2 aromatic heterocycles. The van der Waals surface area contributed by atoms with E-state index >= 15 is 0 Å². The largest absolute Gasteiger partial charge is 0.306 e. The second kappa shape index (κ2) is 5.45. The van der Waals surface area contributed by atoms with Gasteiger partial charge in [-0.1, -0.05) is 12.8 Å². The summed E-state index contributed by atoms with van der Waals surface area (Å²) in [5.41, 5.74) is 1.92. The van der Waals surface area contributed by atoms with Crippen LogP contribution in [0.15, 0.2) is 15.3 Å². The number of hydrogen-bond acceptors (Lipinski definition) is 3. The lowest BCUT2D eigenvalue weighted by atomic mass is 10.0. The molecule has 2 heterocycles. The van der Waals surface area contributed by atoms with Crippen molar-refractivity contribution in [1.29, 1.82) is 0 Å². The molecule has 1 saturated carbocycles. The van der Waals surface area contributed by atoms with Gasteiger partial charge in [0.1, 0.15) is 10.3 Å². The lowest BCUT2D eigenvalue weighted by Gasteiger charge is -2.12. The zero-order chi connectivity index (χ0) is 14.3. The van der Waals surface area contributed by atoms with Gasteiger partial charge >= 0.3 is 0 Å². The molecule has 0 radical (unpaired) electrons. The minimum atomic E-state index is -0.0693. The minimum absolute atomic E-state index is 0.0693. The maximum atomic E-state index is 12.2. The summed E-state index contributed by atoms with van der Waals surface area (Å²) in [6.07, 6.45) is 4.74. The van der Waals surface area contributed by atoms with Crippen molar-refractivity contribution in [2.45, 2.75) is 45.4 Å². The number of nitrogens with zero attached hydrogens (tertiary/aromatic N) is 1. The summed E-state index contributed by atoms with van der Waals surface area (Å²) in [6.45, 7) is 4.15. The number of hydrogen-bond donors (Lipinski definition) is 1. The van der Waals surface area contributed by atoms with Crippen LogP contribution in [0.25, 0.3) is 11.4 Å². The van der Waals surface area contributed by atoms with Gasteiger partial charge in [-0.2, -0.15) is 0 Å². The first-order valence-corrected chi connectivity index (χ1v) is 8.54. The van der Waals surface area contributed by atoms with Crippen molar-refractivity contribution in [2.24, 2.45) is 0 Å². The number of thiophene rings is 1. The summed E-state index contributed by atoms with van der Waals surface area (Å²) in [5, 5.41) is 0. The predicted octanol–water partition coefficient (Wildman–Crippen LogP) is 4.54. The smallest absolute Gasteiger partial charge is 0.265 e. The van der Waals surface area contributed by atoms with Crippen molar-refractivity contribution in [3.63, 3.8) is 0 Å². The Labute approximate surface area is 130 Å². The topological polar surface area (TPSA) is 45.8 Å². The second-order valence-corrected chi connectivity index (χ2v) is 7.68. The zero-order valence-electron chi connectivity index (χ0n) is 11.6. The Morgan fingerprint density at radius 1 is 1.35 bits per heavy atom. The summed E-state index contributed by atoms with van der Waals surface area (Å²) in [4.78, 5) is 22.3. The molecule has 0 aliphatic heterocycles. The van der Waals surface area contributed by atoms with Crippen LogP contribution < -0.4 is 5.56 Å². The molecule has 3 nitrogen and oxygen atoms in total. The highest BCUT2D eigenvalue weighted by Gasteiger charge is 2.23. The molecule has 0 bridgehead atoms. The van der Waals surface area contributed by atoms with Gasteiger partial charge in [0.05, 0.1) is 5.69 Å². The van der Waals surface area contributed by atoms with Gasteiger partial charge in [-0.05, 0) is 48.7 Å². The molecular weight excluding hydrogens is 336 g/mol. The van der Waals surface area contributed by atoms with Crippen LogP contribution >= 0.6 is 27.3 Å². The molecule has 0 aromatic carbocycles. The Bertz CT molecular complexity index is 698. The number of halogens is 1. The number of aryl methyl sites for hydroxylation is 2. The van der Waals surface area contributed by atoms with Crippen LogP contribution in [-0.4, -0.2) is 9.97 Å². The van der Waals surface area contributed by atoms with Crippen molar-refractivity contribution >= 4 is 27.3 Å². The predicted molar refractivity (Wildman–Crippen MR) is 86.6 cm³/mol. The molecule has 0 spiro atoms. The molecule has 2 aromatic rings. The van der Waals surface area contributed by atoms with E-state index in [1.54, 1.807) is 11.3 Å². The molecule has 3 rings (SSSR count). The Hall–Kier alpha value is -0.940. The molecule has 1 aliphatic carbocycles. The van der Waals surface area contributed by atoms with Crippen molar-refractivity contribution < 1.29 is 0 Å². The Morgan fingerprint density at radius 2 is 2.05 bits per heavy atom. The lowest BCUT2D eigenvalue weighted by molar-refractivity contribution is 0.688. The number of aromatic amines is 1. The van der Waals surface area contributed by atoms with Gasteiger partial charge in [-0.15, -0.1) is 11.3 Å². The lowest BCUT2D eigenvalue weighted by Crippen LogP contribution is -2.15. The van der Waals surface area contributed by atoms with Crippen molar-refractivity contribution in [1.82, 2.24) is 9.97 Å². The summed E-state index contributed by atoms with van der Waals surface area (Å²) < 4.78 is 0.609. The van der Waals surface area contributed by atoms with Gasteiger partial charge in [0.25, 0.3) is 5.56 Å². The summed E-state index contributed by atoms with van der Waals surface area (Å²) in [6, 6.07) is 2.10. The molecule has 20 heavy (non-hydrogen) atoms. The Balaban J connectivity index is 2.13. The van der Waals surface area contributed by atoms with Gasteiger partial charge in [0, 0.05) is 21.2 Å². The van der Waals surface area contributed by atoms with E-state index < -0.39 is 0 Å². The van der Waals surface area contributed by atoms with Gasteiger partial charge in [0.2, 0.25) is 0 Å². The maximum absolute atomic E-state index is 12.2. The van der Waals surface area contributed by atoms with Crippen molar-refractivity contribution in [3.05, 3.63) is 36.3 Å². The highest BCUT2D eigenvalue weighted by atomic mass is 79.9. The van der Waals surface area contributed by atoms with Crippen LogP contribution in [0.5, 0.6) is 0 Å². The van der Waals surface area contributed by atoms with Crippen LogP contribution in [0.4, 0.5) is 0 Å². The summed E-state index contributed by atoms with van der Waals surface area (Å²) >= 11 is 5.16. The number of rotatable bonds is 2. The first-order chi connectivity index (χ1) is 9.56. The molecule has 0 unspecified atom stereocenters.